The van der Waals surface area contributed by atoms with Gasteiger partial charge in [-0.05, 0) is 19.4 Å². The Hall–Kier alpha value is -1.42. The van der Waals surface area contributed by atoms with Crippen molar-refractivity contribution in [2.75, 3.05) is 0 Å². The Bertz CT molecular complexity index is 349. The van der Waals surface area contributed by atoms with Gasteiger partial charge in [0.2, 0.25) is 0 Å². The number of rotatable bonds is 4. The number of carboxylic acids is 1. The van der Waals surface area contributed by atoms with E-state index < -0.39 is 23.8 Å². The number of aliphatic hydroxyl groups excluding tert-OH is 1. The summed E-state index contributed by atoms with van der Waals surface area (Å²) < 4.78 is 13.3. The maximum Gasteiger partial charge on any atom is 0.311 e. The molecule has 1 aromatic rings. The topological polar surface area (TPSA) is 57.5 Å². The molecule has 82 valence electrons. The summed E-state index contributed by atoms with van der Waals surface area (Å²) in [6, 6.07) is 5.72. The molecule has 4 heteroatoms. The molecule has 0 spiro atoms. The smallest absolute Gasteiger partial charge is 0.311 e. The molecule has 0 amide bonds. The first-order chi connectivity index (χ1) is 7.02. The predicted molar refractivity (Wildman–Crippen MR) is 53.1 cm³/mol. The Kier molecular flexibility index (Phi) is 3.80. The molecule has 2 N–H and O–H groups in total. The average molecular weight is 212 g/mol. The highest BCUT2D eigenvalue weighted by Gasteiger charge is 2.24. The minimum atomic E-state index is -1.12. The van der Waals surface area contributed by atoms with Gasteiger partial charge in [-0.1, -0.05) is 18.2 Å². The molecule has 0 bridgehead atoms. The van der Waals surface area contributed by atoms with Crippen LogP contribution in [0.15, 0.2) is 24.3 Å². The van der Waals surface area contributed by atoms with Crippen molar-refractivity contribution in [2.45, 2.75) is 25.4 Å². The number of hydrogen-bond acceptors (Lipinski definition) is 2. The second kappa shape index (κ2) is 4.89. The van der Waals surface area contributed by atoms with Crippen molar-refractivity contribution in [1.29, 1.82) is 0 Å². The van der Waals surface area contributed by atoms with Crippen molar-refractivity contribution in [2.24, 2.45) is 0 Å². The predicted octanol–water partition coefficient (Wildman–Crippen LogP) is 1.76. The SMILES string of the molecule is CC(O)CC(C(=O)O)c1ccccc1F. The largest absolute Gasteiger partial charge is 0.481 e. The number of carbonyl (C=O) groups is 1. The first-order valence-electron chi connectivity index (χ1n) is 4.67. The van der Waals surface area contributed by atoms with E-state index in [2.05, 4.69) is 0 Å². The maximum atomic E-state index is 13.3. The van der Waals surface area contributed by atoms with Gasteiger partial charge in [-0.25, -0.2) is 4.39 Å². The van der Waals surface area contributed by atoms with Gasteiger partial charge in [0, 0.05) is 5.56 Å². The van der Waals surface area contributed by atoms with Crippen LogP contribution in [0.3, 0.4) is 0 Å². The van der Waals surface area contributed by atoms with Crippen LogP contribution in [0.4, 0.5) is 4.39 Å². The zero-order valence-electron chi connectivity index (χ0n) is 8.35. The van der Waals surface area contributed by atoms with Crippen LogP contribution in [0.5, 0.6) is 0 Å². The third-order valence-electron chi connectivity index (χ3n) is 2.16. The molecule has 0 aliphatic heterocycles. The van der Waals surface area contributed by atoms with Gasteiger partial charge < -0.3 is 10.2 Å². The molecular weight excluding hydrogens is 199 g/mol. The maximum absolute atomic E-state index is 13.3. The molecule has 0 saturated carbocycles. The summed E-state index contributed by atoms with van der Waals surface area (Å²) in [6.07, 6.45) is -0.762. The first-order valence-corrected chi connectivity index (χ1v) is 4.67. The monoisotopic (exact) mass is 212 g/mol. The van der Waals surface area contributed by atoms with Crippen LogP contribution in [-0.4, -0.2) is 22.3 Å². The molecule has 3 nitrogen and oxygen atoms in total. The van der Waals surface area contributed by atoms with Crippen molar-refractivity contribution in [3.05, 3.63) is 35.6 Å². The quantitative estimate of drug-likeness (QED) is 0.799. The number of benzene rings is 1. The van der Waals surface area contributed by atoms with Crippen molar-refractivity contribution >= 4 is 5.97 Å². The fraction of sp³-hybridized carbons (Fsp3) is 0.364. The summed E-state index contributed by atoms with van der Waals surface area (Å²) in [5, 5.41) is 18.1. The molecule has 0 radical (unpaired) electrons. The zero-order chi connectivity index (χ0) is 11.4. The average Bonchev–Trinajstić information content (AvgIpc) is 2.15. The second-order valence-electron chi connectivity index (χ2n) is 3.50. The molecule has 0 aliphatic rings. The van der Waals surface area contributed by atoms with E-state index in [4.69, 9.17) is 10.2 Å². The first kappa shape index (κ1) is 11.7. The Labute approximate surface area is 87.2 Å². The van der Waals surface area contributed by atoms with E-state index in [1.807, 2.05) is 0 Å². The van der Waals surface area contributed by atoms with Crippen LogP contribution in [-0.2, 0) is 4.79 Å². The van der Waals surface area contributed by atoms with Gasteiger partial charge in [0.1, 0.15) is 5.82 Å². The number of aliphatic carboxylic acids is 1. The summed E-state index contributed by atoms with van der Waals surface area (Å²) in [7, 11) is 0. The minimum Gasteiger partial charge on any atom is -0.481 e. The second-order valence-corrected chi connectivity index (χ2v) is 3.50. The lowest BCUT2D eigenvalue weighted by molar-refractivity contribution is -0.139. The van der Waals surface area contributed by atoms with Gasteiger partial charge in [-0.15, -0.1) is 0 Å². The highest BCUT2D eigenvalue weighted by Crippen LogP contribution is 2.24. The fourth-order valence-corrected chi connectivity index (χ4v) is 1.46. The van der Waals surface area contributed by atoms with Gasteiger partial charge >= 0.3 is 5.97 Å². The Morgan fingerprint density at radius 3 is 2.53 bits per heavy atom. The van der Waals surface area contributed by atoms with Gasteiger partial charge in [0.25, 0.3) is 0 Å². The van der Waals surface area contributed by atoms with Crippen LogP contribution in [0.2, 0.25) is 0 Å². The van der Waals surface area contributed by atoms with Crippen LogP contribution in [0, 0.1) is 5.82 Å². The molecule has 0 saturated heterocycles. The van der Waals surface area contributed by atoms with Crippen LogP contribution in [0.25, 0.3) is 0 Å². The van der Waals surface area contributed by atoms with E-state index in [0.717, 1.165) is 0 Å². The summed E-state index contributed by atoms with van der Waals surface area (Å²) in [6.45, 7) is 1.48. The Balaban J connectivity index is 2.99. The fourth-order valence-electron chi connectivity index (χ4n) is 1.46. The highest BCUT2D eigenvalue weighted by atomic mass is 19.1. The zero-order valence-corrected chi connectivity index (χ0v) is 8.35. The van der Waals surface area contributed by atoms with E-state index >= 15 is 0 Å². The minimum absolute atomic E-state index is 0.0102. The van der Waals surface area contributed by atoms with Crippen LogP contribution < -0.4 is 0 Å². The van der Waals surface area contributed by atoms with Crippen molar-refractivity contribution in [3.8, 4) is 0 Å². The van der Waals surface area contributed by atoms with Gasteiger partial charge in [0.05, 0.1) is 12.0 Å². The Morgan fingerprint density at radius 1 is 1.47 bits per heavy atom. The summed E-state index contributed by atoms with van der Waals surface area (Å²) >= 11 is 0. The van der Waals surface area contributed by atoms with Crippen molar-refractivity contribution in [3.63, 3.8) is 0 Å². The van der Waals surface area contributed by atoms with Crippen LogP contribution >= 0.6 is 0 Å². The van der Waals surface area contributed by atoms with Gasteiger partial charge in [-0.2, -0.15) is 0 Å². The highest BCUT2D eigenvalue weighted by molar-refractivity contribution is 5.76. The molecule has 0 aromatic heterocycles. The molecule has 15 heavy (non-hydrogen) atoms. The van der Waals surface area contributed by atoms with Crippen molar-refractivity contribution < 1.29 is 19.4 Å². The Morgan fingerprint density at radius 2 is 2.07 bits per heavy atom. The van der Waals surface area contributed by atoms with E-state index in [-0.39, 0.29) is 12.0 Å². The van der Waals surface area contributed by atoms with E-state index in [0.29, 0.717) is 0 Å². The van der Waals surface area contributed by atoms with Gasteiger partial charge in [-0.3, -0.25) is 4.79 Å². The van der Waals surface area contributed by atoms with Gasteiger partial charge in [0.15, 0.2) is 0 Å². The number of carboxylic acid groups (broad SMARTS) is 1. The molecule has 0 heterocycles. The summed E-state index contributed by atoms with van der Waals surface area (Å²) in [5.74, 6) is -2.67. The third kappa shape index (κ3) is 3.02. The molecule has 2 unspecified atom stereocenters. The number of hydrogen-bond donors (Lipinski definition) is 2. The van der Waals surface area contributed by atoms with Crippen LogP contribution in [0.1, 0.15) is 24.8 Å². The summed E-state index contributed by atoms with van der Waals surface area (Å²) in [4.78, 5) is 10.9. The van der Waals surface area contributed by atoms with E-state index in [1.165, 1.54) is 25.1 Å². The van der Waals surface area contributed by atoms with E-state index in [9.17, 15) is 9.18 Å². The van der Waals surface area contributed by atoms with E-state index in [1.54, 1.807) is 6.07 Å². The third-order valence-corrected chi connectivity index (χ3v) is 2.16. The molecule has 0 fully saturated rings. The number of aliphatic hydroxyl groups is 1. The lowest BCUT2D eigenvalue weighted by Crippen LogP contribution is -2.18. The normalized spacial score (nSPS) is 14.6. The lowest BCUT2D eigenvalue weighted by atomic mass is 9.93. The molecule has 1 aromatic carbocycles. The van der Waals surface area contributed by atoms with Crippen molar-refractivity contribution in [1.82, 2.24) is 0 Å². The lowest BCUT2D eigenvalue weighted by Gasteiger charge is -2.14. The molecular formula is C11H13FO3. The molecule has 0 aliphatic carbocycles. The summed E-state index contributed by atoms with van der Waals surface area (Å²) in [5.41, 5.74) is 0.117. The molecule has 2 atom stereocenters. The molecule has 1 rings (SSSR count). The standard InChI is InChI=1S/C11H13FO3/c1-7(13)6-9(11(14)15)8-4-2-3-5-10(8)12/h2-5,7,9,13H,6H2,1H3,(H,14,15). The number of halogens is 1.